The molecule has 1 saturated heterocycles. The summed E-state index contributed by atoms with van der Waals surface area (Å²) >= 11 is 1.85. The van der Waals surface area contributed by atoms with Crippen LogP contribution in [0.5, 0.6) is 0 Å². The Balaban J connectivity index is 2.41. The molecule has 0 bridgehead atoms. The predicted octanol–water partition coefficient (Wildman–Crippen LogP) is 1.36. The normalized spacial score (nSPS) is 28.0. The zero-order valence-corrected chi connectivity index (χ0v) is 8.64. The van der Waals surface area contributed by atoms with Gasteiger partial charge in [0.25, 0.3) is 0 Å². The van der Waals surface area contributed by atoms with Crippen LogP contribution in [0, 0.1) is 5.92 Å². The molecule has 1 aliphatic heterocycles. The summed E-state index contributed by atoms with van der Waals surface area (Å²) in [5, 5.41) is 18.3. The van der Waals surface area contributed by atoms with Crippen molar-refractivity contribution in [2.24, 2.45) is 5.92 Å². The molecule has 0 aromatic heterocycles. The highest BCUT2D eigenvalue weighted by Crippen LogP contribution is 2.29. The average molecular weight is 204 g/mol. The molecule has 13 heavy (non-hydrogen) atoms. The molecule has 4 heteroatoms. The lowest BCUT2D eigenvalue weighted by Crippen LogP contribution is -2.38. The van der Waals surface area contributed by atoms with Gasteiger partial charge in [-0.25, -0.2) is 4.79 Å². The van der Waals surface area contributed by atoms with E-state index in [1.807, 2.05) is 11.8 Å². The predicted molar refractivity (Wildman–Crippen MR) is 52.9 cm³/mol. The maximum absolute atomic E-state index is 10.6. The Kier molecular flexibility index (Phi) is 3.62. The van der Waals surface area contributed by atoms with E-state index in [1.54, 1.807) is 0 Å². The number of hydrogen-bond donors (Lipinski definition) is 2. The Morgan fingerprint density at radius 1 is 1.69 bits per heavy atom. The highest BCUT2D eigenvalue weighted by molar-refractivity contribution is 7.99. The van der Waals surface area contributed by atoms with E-state index in [0.717, 1.165) is 18.6 Å². The number of carbonyl (C=O) groups is 1. The fourth-order valence-corrected chi connectivity index (χ4v) is 2.77. The molecule has 0 amide bonds. The van der Waals surface area contributed by atoms with Gasteiger partial charge in [0.15, 0.2) is 5.60 Å². The summed E-state index contributed by atoms with van der Waals surface area (Å²) in [4.78, 5) is 10.6. The molecule has 1 heterocycles. The molecule has 0 aromatic rings. The van der Waals surface area contributed by atoms with Gasteiger partial charge < -0.3 is 10.2 Å². The number of aliphatic hydroxyl groups is 1. The van der Waals surface area contributed by atoms with Crippen LogP contribution in [-0.4, -0.2) is 33.3 Å². The molecule has 1 fully saturated rings. The van der Waals surface area contributed by atoms with E-state index in [2.05, 4.69) is 0 Å². The van der Waals surface area contributed by atoms with Gasteiger partial charge in [0.05, 0.1) is 0 Å². The van der Waals surface area contributed by atoms with Crippen molar-refractivity contribution in [1.82, 2.24) is 0 Å². The summed E-state index contributed by atoms with van der Waals surface area (Å²) < 4.78 is 0. The van der Waals surface area contributed by atoms with Crippen molar-refractivity contribution in [3.05, 3.63) is 0 Å². The first kappa shape index (κ1) is 10.9. The van der Waals surface area contributed by atoms with E-state index in [4.69, 9.17) is 5.11 Å². The zero-order chi connectivity index (χ0) is 9.90. The molecule has 2 N–H and O–H groups in total. The fourth-order valence-electron chi connectivity index (χ4n) is 1.62. The summed E-state index contributed by atoms with van der Waals surface area (Å²) in [5.74, 6) is 1.42. The van der Waals surface area contributed by atoms with E-state index >= 15 is 0 Å². The summed E-state index contributed by atoms with van der Waals surface area (Å²) in [5.41, 5.74) is -1.54. The van der Waals surface area contributed by atoms with Gasteiger partial charge in [-0.15, -0.1) is 0 Å². The van der Waals surface area contributed by atoms with Crippen molar-refractivity contribution in [1.29, 1.82) is 0 Å². The van der Waals surface area contributed by atoms with Crippen LogP contribution >= 0.6 is 11.8 Å². The minimum absolute atomic E-state index is 0.366. The molecule has 1 rings (SSSR count). The van der Waals surface area contributed by atoms with E-state index in [1.165, 1.54) is 12.7 Å². The van der Waals surface area contributed by atoms with Crippen molar-refractivity contribution >= 4 is 17.7 Å². The highest BCUT2D eigenvalue weighted by atomic mass is 32.2. The third-order valence-electron chi connectivity index (χ3n) is 2.40. The quantitative estimate of drug-likeness (QED) is 0.728. The Morgan fingerprint density at radius 2 is 2.38 bits per heavy atom. The number of carboxylic acids is 1. The molecule has 3 nitrogen and oxygen atoms in total. The van der Waals surface area contributed by atoms with Gasteiger partial charge in [0, 0.05) is 0 Å². The SMILES string of the molecule is CC(O)(CC1CCCSC1)C(=O)O. The molecule has 0 aromatic carbocycles. The third-order valence-corrected chi connectivity index (χ3v) is 3.69. The zero-order valence-electron chi connectivity index (χ0n) is 7.82. The number of carboxylic acid groups (broad SMARTS) is 1. The fraction of sp³-hybridized carbons (Fsp3) is 0.889. The lowest BCUT2D eigenvalue weighted by molar-refractivity contribution is -0.158. The van der Waals surface area contributed by atoms with Crippen molar-refractivity contribution in [3.8, 4) is 0 Å². The van der Waals surface area contributed by atoms with Crippen LogP contribution in [-0.2, 0) is 4.79 Å². The van der Waals surface area contributed by atoms with Crippen LogP contribution < -0.4 is 0 Å². The van der Waals surface area contributed by atoms with Crippen molar-refractivity contribution in [2.45, 2.75) is 31.8 Å². The second-order valence-electron chi connectivity index (χ2n) is 3.87. The molecule has 0 saturated carbocycles. The van der Waals surface area contributed by atoms with Gasteiger partial charge >= 0.3 is 5.97 Å². The summed E-state index contributed by atoms with van der Waals surface area (Å²) in [6, 6.07) is 0. The summed E-state index contributed by atoms with van der Waals surface area (Å²) in [6.45, 7) is 1.38. The van der Waals surface area contributed by atoms with Crippen LogP contribution in [0.15, 0.2) is 0 Å². The first-order chi connectivity index (χ1) is 6.02. The molecule has 1 aliphatic rings. The molecule has 76 valence electrons. The highest BCUT2D eigenvalue weighted by Gasteiger charge is 2.33. The Morgan fingerprint density at radius 3 is 2.85 bits per heavy atom. The van der Waals surface area contributed by atoms with Gasteiger partial charge in [0.1, 0.15) is 0 Å². The van der Waals surface area contributed by atoms with Gasteiger partial charge in [-0.1, -0.05) is 0 Å². The van der Waals surface area contributed by atoms with E-state index in [0.29, 0.717) is 12.3 Å². The molecule has 2 atom stereocenters. The standard InChI is InChI=1S/C9H16O3S/c1-9(12,8(10)11)5-7-3-2-4-13-6-7/h7,12H,2-6H2,1H3,(H,10,11). The Labute approximate surface area is 82.5 Å². The first-order valence-electron chi connectivity index (χ1n) is 4.56. The topological polar surface area (TPSA) is 57.5 Å². The van der Waals surface area contributed by atoms with E-state index in [-0.39, 0.29) is 0 Å². The van der Waals surface area contributed by atoms with Gasteiger partial charge in [-0.05, 0) is 43.6 Å². The first-order valence-corrected chi connectivity index (χ1v) is 5.71. The summed E-state index contributed by atoms with van der Waals surface area (Å²) in [6.07, 6.45) is 2.58. The average Bonchev–Trinajstić information content (AvgIpc) is 2.05. The van der Waals surface area contributed by atoms with Crippen LogP contribution in [0.3, 0.4) is 0 Å². The van der Waals surface area contributed by atoms with Crippen LogP contribution in [0.1, 0.15) is 26.2 Å². The number of hydrogen-bond acceptors (Lipinski definition) is 3. The Bertz CT molecular complexity index is 185. The largest absolute Gasteiger partial charge is 0.479 e. The minimum Gasteiger partial charge on any atom is -0.479 e. The van der Waals surface area contributed by atoms with Crippen LogP contribution in [0.2, 0.25) is 0 Å². The molecular weight excluding hydrogens is 188 g/mol. The second kappa shape index (κ2) is 4.33. The van der Waals surface area contributed by atoms with Crippen LogP contribution in [0.4, 0.5) is 0 Å². The molecular formula is C9H16O3S. The second-order valence-corrected chi connectivity index (χ2v) is 5.02. The van der Waals surface area contributed by atoms with Crippen molar-refractivity contribution in [3.63, 3.8) is 0 Å². The lowest BCUT2D eigenvalue weighted by Gasteiger charge is -2.27. The summed E-state index contributed by atoms with van der Waals surface area (Å²) in [7, 11) is 0. The number of rotatable bonds is 3. The van der Waals surface area contributed by atoms with Gasteiger partial charge in [-0.3, -0.25) is 0 Å². The monoisotopic (exact) mass is 204 g/mol. The third kappa shape index (κ3) is 3.19. The maximum atomic E-state index is 10.6. The minimum atomic E-state index is -1.54. The lowest BCUT2D eigenvalue weighted by atomic mass is 9.90. The van der Waals surface area contributed by atoms with Crippen molar-refractivity contribution in [2.75, 3.05) is 11.5 Å². The van der Waals surface area contributed by atoms with E-state index in [9.17, 15) is 9.90 Å². The smallest absolute Gasteiger partial charge is 0.335 e. The number of aliphatic carboxylic acids is 1. The van der Waals surface area contributed by atoms with Gasteiger partial charge in [-0.2, -0.15) is 11.8 Å². The molecule has 2 unspecified atom stereocenters. The maximum Gasteiger partial charge on any atom is 0.335 e. The van der Waals surface area contributed by atoms with Crippen LogP contribution in [0.25, 0.3) is 0 Å². The number of thioether (sulfide) groups is 1. The molecule has 0 aliphatic carbocycles. The van der Waals surface area contributed by atoms with E-state index < -0.39 is 11.6 Å². The van der Waals surface area contributed by atoms with Crippen molar-refractivity contribution < 1.29 is 15.0 Å². The molecule has 0 radical (unpaired) electrons. The van der Waals surface area contributed by atoms with Gasteiger partial charge in [0.2, 0.25) is 0 Å². The Hall–Kier alpha value is -0.220. The molecule has 0 spiro atoms.